The highest BCUT2D eigenvalue weighted by Gasteiger charge is 2.33. The number of anilines is 1. The lowest BCUT2D eigenvalue weighted by molar-refractivity contribution is -0.118. The molecule has 0 bridgehead atoms. The third-order valence-corrected chi connectivity index (χ3v) is 4.29. The van der Waals surface area contributed by atoms with E-state index in [4.69, 9.17) is 16.9 Å². The molecule has 0 aliphatic carbocycles. The molecule has 2 amide bonds. The molecule has 1 heterocycles. The zero-order valence-electron chi connectivity index (χ0n) is 16.6. The largest absolute Gasteiger partial charge is 0.345 e. The van der Waals surface area contributed by atoms with Crippen molar-refractivity contribution in [1.29, 1.82) is 10.5 Å². The fraction of sp³-hybridized carbons (Fsp3) is 0.250. The summed E-state index contributed by atoms with van der Waals surface area (Å²) in [4.78, 5) is 37.6. The van der Waals surface area contributed by atoms with Crippen LogP contribution >= 0.6 is 11.6 Å². The van der Waals surface area contributed by atoms with E-state index in [1.54, 1.807) is 32.9 Å². The van der Waals surface area contributed by atoms with E-state index >= 15 is 0 Å². The maximum Gasteiger partial charge on any atom is 0.292 e. The van der Waals surface area contributed by atoms with Crippen molar-refractivity contribution < 1.29 is 18.8 Å². The summed E-state index contributed by atoms with van der Waals surface area (Å²) in [7, 11) is 1.34. The number of rotatable bonds is 4. The standard InChI is InChI=1S/C20H17ClFN5O3/c1-20(2,3)26-19(30)17(28)14-13(9-24)27(4)16(15(14)21)18(29)25-11-5-6-12(22)10(7-11)8-23/h5-7H,1-4H3,(H,25,29)(H,26,30). The number of ketones is 1. The molecule has 0 saturated heterocycles. The number of nitrogens with one attached hydrogen (secondary N) is 2. The van der Waals surface area contributed by atoms with Crippen molar-refractivity contribution in [1.82, 2.24) is 9.88 Å². The van der Waals surface area contributed by atoms with Gasteiger partial charge in [-0.15, -0.1) is 0 Å². The molecule has 0 radical (unpaired) electrons. The van der Waals surface area contributed by atoms with Gasteiger partial charge in [-0.1, -0.05) is 11.6 Å². The van der Waals surface area contributed by atoms with E-state index in [1.807, 2.05) is 0 Å². The zero-order valence-corrected chi connectivity index (χ0v) is 17.3. The number of hydrogen-bond acceptors (Lipinski definition) is 5. The summed E-state index contributed by atoms with van der Waals surface area (Å²) in [5, 5.41) is 22.9. The first-order valence-corrected chi connectivity index (χ1v) is 8.95. The number of amides is 2. The topological polar surface area (TPSA) is 128 Å². The number of halogens is 2. The van der Waals surface area contributed by atoms with Crippen molar-refractivity contribution in [3.8, 4) is 12.1 Å². The lowest BCUT2D eigenvalue weighted by Gasteiger charge is -2.19. The van der Waals surface area contributed by atoms with Gasteiger partial charge in [-0.3, -0.25) is 14.4 Å². The van der Waals surface area contributed by atoms with E-state index < -0.39 is 34.5 Å². The number of hydrogen-bond donors (Lipinski definition) is 2. The lowest BCUT2D eigenvalue weighted by atomic mass is 10.1. The van der Waals surface area contributed by atoms with Gasteiger partial charge in [0, 0.05) is 18.3 Å². The van der Waals surface area contributed by atoms with Crippen molar-refractivity contribution in [2.75, 3.05) is 5.32 Å². The minimum absolute atomic E-state index is 0.104. The Hall–Kier alpha value is -3.69. The van der Waals surface area contributed by atoms with Crippen LogP contribution in [0.4, 0.5) is 10.1 Å². The summed E-state index contributed by atoms with van der Waals surface area (Å²) in [6.07, 6.45) is 0. The number of aromatic nitrogens is 1. The van der Waals surface area contributed by atoms with Gasteiger partial charge in [0.1, 0.15) is 29.3 Å². The van der Waals surface area contributed by atoms with Crippen LogP contribution in [0.5, 0.6) is 0 Å². The molecule has 8 nitrogen and oxygen atoms in total. The first kappa shape index (κ1) is 22.6. The molecule has 2 rings (SSSR count). The number of benzene rings is 1. The Morgan fingerprint density at radius 3 is 2.33 bits per heavy atom. The quantitative estimate of drug-likeness (QED) is 0.570. The van der Waals surface area contributed by atoms with Crippen LogP contribution in [-0.2, 0) is 11.8 Å². The third kappa shape index (κ3) is 4.48. The third-order valence-electron chi connectivity index (χ3n) is 3.92. The fourth-order valence-corrected chi connectivity index (χ4v) is 3.02. The van der Waals surface area contributed by atoms with E-state index in [0.717, 1.165) is 16.7 Å². The van der Waals surface area contributed by atoms with E-state index in [-0.39, 0.29) is 27.7 Å². The van der Waals surface area contributed by atoms with Crippen molar-refractivity contribution in [2.45, 2.75) is 26.3 Å². The van der Waals surface area contributed by atoms with Gasteiger partial charge in [-0.2, -0.15) is 10.5 Å². The summed E-state index contributed by atoms with van der Waals surface area (Å²) in [5.74, 6) is -3.60. The number of Topliss-reactive ketones (excluding diaryl/α,β-unsaturated/α-hetero) is 1. The van der Waals surface area contributed by atoms with Gasteiger partial charge in [-0.05, 0) is 39.0 Å². The van der Waals surface area contributed by atoms with Gasteiger partial charge >= 0.3 is 0 Å². The van der Waals surface area contributed by atoms with Crippen LogP contribution in [0.3, 0.4) is 0 Å². The van der Waals surface area contributed by atoms with E-state index in [1.165, 1.54) is 13.1 Å². The lowest BCUT2D eigenvalue weighted by Crippen LogP contribution is -2.44. The van der Waals surface area contributed by atoms with Crippen molar-refractivity contribution in [2.24, 2.45) is 7.05 Å². The molecule has 10 heteroatoms. The molecule has 0 saturated carbocycles. The Morgan fingerprint density at radius 1 is 1.17 bits per heavy atom. The molecule has 0 aliphatic rings. The van der Waals surface area contributed by atoms with Crippen LogP contribution in [0.15, 0.2) is 18.2 Å². The highest BCUT2D eigenvalue weighted by Crippen LogP contribution is 2.29. The Balaban J connectivity index is 2.47. The maximum atomic E-state index is 13.5. The maximum absolute atomic E-state index is 13.5. The van der Waals surface area contributed by atoms with E-state index in [0.29, 0.717) is 0 Å². The van der Waals surface area contributed by atoms with Gasteiger partial charge in [0.2, 0.25) is 0 Å². The van der Waals surface area contributed by atoms with Crippen molar-refractivity contribution in [3.05, 3.63) is 51.6 Å². The van der Waals surface area contributed by atoms with Gasteiger partial charge in [0.05, 0.1) is 16.1 Å². The summed E-state index contributed by atoms with van der Waals surface area (Å²) < 4.78 is 14.6. The summed E-state index contributed by atoms with van der Waals surface area (Å²) in [6, 6.07) is 6.79. The summed E-state index contributed by atoms with van der Waals surface area (Å²) in [5.41, 5.74) is -1.79. The smallest absolute Gasteiger partial charge is 0.292 e. The van der Waals surface area contributed by atoms with Gasteiger partial charge in [-0.25, -0.2) is 4.39 Å². The molecule has 1 aromatic carbocycles. The van der Waals surface area contributed by atoms with Crippen molar-refractivity contribution in [3.63, 3.8) is 0 Å². The Bertz CT molecular complexity index is 1150. The van der Waals surface area contributed by atoms with Crippen LogP contribution < -0.4 is 10.6 Å². The van der Waals surface area contributed by atoms with Crippen LogP contribution in [0, 0.1) is 28.5 Å². The van der Waals surface area contributed by atoms with Crippen LogP contribution in [0.2, 0.25) is 5.02 Å². The van der Waals surface area contributed by atoms with Gasteiger partial charge in [0.15, 0.2) is 0 Å². The number of carbonyl (C=O) groups excluding carboxylic acids is 3. The monoisotopic (exact) mass is 429 g/mol. The molecular formula is C20H17ClFN5O3. The molecule has 154 valence electrons. The van der Waals surface area contributed by atoms with Crippen LogP contribution in [-0.4, -0.2) is 27.7 Å². The zero-order chi connectivity index (χ0) is 22.8. The highest BCUT2D eigenvalue weighted by atomic mass is 35.5. The summed E-state index contributed by atoms with van der Waals surface area (Å²) >= 11 is 6.22. The van der Waals surface area contributed by atoms with Gasteiger partial charge < -0.3 is 15.2 Å². The molecule has 2 aromatic rings. The second-order valence-electron chi connectivity index (χ2n) is 7.35. The molecule has 0 spiro atoms. The second kappa shape index (κ2) is 8.36. The molecule has 1 aromatic heterocycles. The predicted molar refractivity (Wildman–Crippen MR) is 106 cm³/mol. The van der Waals surface area contributed by atoms with Crippen LogP contribution in [0.1, 0.15) is 52.9 Å². The average molecular weight is 430 g/mol. The molecule has 30 heavy (non-hydrogen) atoms. The Labute approximate surface area is 176 Å². The van der Waals surface area contributed by atoms with Gasteiger partial charge in [0.25, 0.3) is 17.6 Å². The SMILES string of the molecule is Cn1c(C#N)c(C(=O)C(=O)NC(C)(C)C)c(Cl)c1C(=O)Nc1ccc(F)c(C#N)c1. The molecular weight excluding hydrogens is 413 g/mol. The van der Waals surface area contributed by atoms with E-state index in [9.17, 15) is 24.0 Å². The Morgan fingerprint density at radius 2 is 1.80 bits per heavy atom. The fourth-order valence-electron chi connectivity index (χ4n) is 2.63. The molecule has 0 aliphatic heterocycles. The minimum Gasteiger partial charge on any atom is -0.345 e. The predicted octanol–water partition coefficient (Wildman–Crippen LogP) is 2.91. The normalized spacial score (nSPS) is 10.7. The van der Waals surface area contributed by atoms with Crippen molar-refractivity contribution >= 4 is 34.9 Å². The Kier molecular flexibility index (Phi) is 6.29. The molecule has 0 unspecified atom stereocenters. The molecule has 0 fully saturated rings. The highest BCUT2D eigenvalue weighted by molar-refractivity contribution is 6.48. The minimum atomic E-state index is -1.06. The average Bonchev–Trinajstić information content (AvgIpc) is 2.90. The first-order chi connectivity index (χ1) is 13.9. The summed E-state index contributed by atoms with van der Waals surface area (Å²) in [6.45, 7) is 5.02. The van der Waals surface area contributed by atoms with E-state index in [2.05, 4.69) is 10.6 Å². The molecule has 2 N–H and O–H groups in total. The number of carbonyl (C=O) groups is 3. The van der Waals surface area contributed by atoms with Crippen LogP contribution in [0.25, 0.3) is 0 Å². The molecule has 0 atom stereocenters. The first-order valence-electron chi connectivity index (χ1n) is 8.57. The number of nitriles is 2. The number of nitrogens with zero attached hydrogens (tertiary/aromatic N) is 3. The second-order valence-corrected chi connectivity index (χ2v) is 7.73.